The van der Waals surface area contributed by atoms with Crippen molar-refractivity contribution in [1.82, 2.24) is 15.5 Å². The number of likely N-dealkylation sites (tertiary alicyclic amines) is 1. The predicted octanol–water partition coefficient (Wildman–Crippen LogP) is 0.200. The van der Waals surface area contributed by atoms with Crippen molar-refractivity contribution in [2.45, 2.75) is 25.7 Å². The molecule has 0 aromatic heterocycles. The van der Waals surface area contributed by atoms with Crippen molar-refractivity contribution in [3.05, 3.63) is 0 Å². The molecule has 1 saturated heterocycles. The number of aliphatic imine (C=N–C) groups is 1. The van der Waals surface area contributed by atoms with Gasteiger partial charge in [0.1, 0.15) is 0 Å². The first-order chi connectivity index (χ1) is 9.26. The number of nitrogens with zero attached hydrogens (tertiary/aromatic N) is 2. The van der Waals surface area contributed by atoms with Gasteiger partial charge in [-0.1, -0.05) is 6.42 Å². The molecule has 1 fully saturated rings. The van der Waals surface area contributed by atoms with E-state index in [0.717, 1.165) is 19.0 Å². The Balaban J connectivity index is 2.09. The van der Waals surface area contributed by atoms with Crippen LogP contribution >= 0.6 is 0 Å². The molecule has 6 heteroatoms. The van der Waals surface area contributed by atoms with Gasteiger partial charge in [-0.15, -0.1) is 0 Å². The molecule has 0 bridgehead atoms. The van der Waals surface area contributed by atoms with E-state index in [4.69, 9.17) is 0 Å². The molecule has 0 aromatic carbocycles. The zero-order chi connectivity index (χ0) is 13.9. The maximum absolute atomic E-state index is 11.0. The van der Waals surface area contributed by atoms with Crippen molar-refractivity contribution in [2.24, 2.45) is 4.99 Å². The van der Waals surface area contributed by atoms with E-state index in [2.05, 4.69) is 25.3 Å². The van der Waals surface area contributed by atoms with Gasteiger partial charge in [-0.25, -0.2) is 0 Å². The SMILES string of the molecule is CN=C(NCCC(=O)OC)NCCN1CCCCC1. The van der Waals surface area contributed by atoms with Crippen LogP contribution in [0, 0.1) is 0 Å². The van der Waals surface area contributed by atoms with Crippen LogP contribution in [0.2, 0.25) is 0 Å². The van der Waals surface area contributed by atoms with Crippen LogP contribution in [0.5, 0.6) is 0 Å². The number of hydrogen-bond acceptors (Lipinski definition) is 4. The van der Waals surface area contributed by atoms with Crippen molar-refractivity contribution in [3.8, 4) is 0 Å². The van der Waals surface area contributed by atoms with Gasteiger partial charge >= 0.3 is 5.97 Å². The normalized spacial score (nSPS) is 17.1. The van der Waals surface area contributed by atoms with Crippen molar-refractivity contribution in [1.29, 1.82) is 0 Å². The Morgan fingerprint density at radius 2 is 1.89 bits per heavy atom. The first kappa shape index (κ1) is 15.8. The van der Waals surface area contributed by atoms with Gasteiger partial charge in [-0.2, -0.15) is 0 Å². The highest BCUT2D eigenvalue weighted by Gasteiger charge is 2.09. The lowest BCUT2D eigenvalue weighted by Gasteiger charge is -2.26. The topological polar surface area (TPSA) is 66.0 Å². The molecule has 1 rings (SSSR count). The summed E-state index contributed by atoms with van der Waals surface area (Å²) in [5.74, 6) is 0.525. The van der Waals surface area contributed by atoms with E-state index >= 15 is 0 Å². The number of esters is 1. The number of guanidine groups is 1. The summed E-state index contributed by atoms with van der Waals surface area (Å²) in [4.78, 5) is 17.6. The van der Waals surface area contributed by atoms with Gasteiger partial charge < -0.3 is 20.3 Å². The Morgan fingerprint density at radius 1 is 1.21 bits per heavy atom. The van der Waals surface area contributed by atoms with Crippen LogP contribution in [0.15, 0.2) is 4.99 Å². The van der Waals surface area contributed by atoms with Crippen molar-refractivity contribution in [2.75, 3.05) is 46.9 Å². The summed E-state index contributed by atoms with van der Waals surface area (Å²) in [7, 11) is 3.13. The highest BCUT2D eigenvalue weighted by Crippen LogP contribution is 2.07. The van der Waals surface area contributed by atoms with Crippen molar-refractivity contribution >= 4 is 11.9 Å². The molecule has 2 N–H and O–H groups in total. The second-order valence-corrected chi connectivity index (χ2v) is 4.65. The van der Waals surface area contributed by atoms with Gasteiger partial charge in [0, 0.05) is 26.7 Å². The van der Waals surface area contributed by atoms with Gasteiger partial charge in [0.2, 0.25) is 0 Å². The van der Waals surface area contributed by atoms with Gasteiger partial charge in [0.15, 0.2) is 5.96 Å². The van der Waals surface area contributed by atoms with E-state index < -0.39 is 0 Å². The van der Waals surface area contributed by atoms with Crippen LogP contribution in [0.3, 0.4) is 0 Å². The summed E-state index contributed by atoms with van der Waals surface area (Å²) >= 11 is 0. The number of carbonyl (C=O) groups excluding carboxylic acids is 1. The number of methoxy groups -OCH3 is 1. The zero-order valence-corrected chi connectivity index (χ0v) is 12.1. The second-order valence-electron chi connectivity index (χ2n) is 4.65. The molecular weight excluding hydrogens is 244 g/mol. The molecule has 0 unspecified atom stereocenters. The van der Waals surface area contributed by atoms with Crippen LogP contribution < -0.4 is 10.6 Å². The lowest BCUT2D eigenvalue weighted by atomic mass is 10.1. The third kappa shape index (κ3) is 7.00. The van der Waals surface area contributed by atoms with Gasteiger partial charge in [-0.05, 0) is 25.9 Å². The number of carbonyl (C=O) groups is 1. The number of rotatable bonds is 6. The number of nitrogens with one attached hydrogen (secondary N) is 2. The van der Waals surface area contributed by atoms with Crippen LogP contribution in [-0.4, -0.2) is 63.7 Å². The van der Waals surface area contributed by atoms with E-state index in [1.807, 2.05) is 0 Å². The standard InChI is InChI=1S/C13H26N4O2/c1-14-13(15-7-6-12(18)19-2)16-8-11-17-9-4-3-5-10-17/h3-11H2,1-2H3,(H2,14,15,16). The molecular formula is C13H26N4O2. The second kappa shape index (κ2) is 9.61. The average Bonchev–Trinajstić information content (AvgIpc) is 2.46. The third-order valence-corrected chi connectivity index (χ3v) is 3.24. The summed E-state index contributed by atoms with van der Waals surface area (Å²) in [5.41, 5.74) is 0. The maximum Gasteiger partial charge on any atom is 0.307 e. The first-order valence-electron chi connectivity index (χ1n) is 7.00. The summed E-state index contributed by atoms with van der Waals surface area (Å²) in [6, 6.07) is 0. The summed E-state index contributed by atoms with van der Waals surface area (Å²) < 4.78 is 4.58. The molecule has 0 spiro atoms. The molecule has 0 atom stereocenters. The molecule has 0 amide bonds. The Hall–Kier alpha value is -1.30. The molecule has 1 aliphatic heterocycles. The molecule has 1 aliphatic rings. The molecule has 0 radical (unpaired) electrons. The number of ether oxygens (including phenoxy) is 1. The molecule has 1 heterocycles. The largest absolute Gasteiger partial charge is 0.469 e. The third-order valence-electron chi connectivity index (χ3n) is 3.24. The van der Waals surface area contributed by atoms with Gasteiger partial charge in [0.05, 0.1) is 13.5 Å². The number of hydrogen-bond donors (Lipinski definition) is 2. The van der Waals surface area contributed by atoms with Crippen LogP contribution in [-0.2, 0) is 9.53 Å². The van der Waals surface area contributed by atoms with Crippen molar-refractivity contribution in [3.63, 3.8) is 0 Å². The first-order valence-corrected chi connectivity index (χ1v) is 7.00. The van der Waals surface area contributed by atoms with Crippen molar-refractivity contribution < 1.29 is 9.53 Å². The minimum absolute atomic E-state index is 0.212. The lowest BCUT2D eigenvalue weighted by molar-refractivity contribution is -0.140. The highest BCUT2D eigenvalue weighted by atomic mass is 16.5. The molecule has 110 valence electrons. The summed E-state index contributed by atoms with van der Waals surface area (Å²) in [5, 5.41) is 6.35. The van der Waals surface area contributed by atoms with Gasteiger partial charge in [-0.3, -0.25) is 9.79 Å². The fourth-order valence-corrected chi connectivity index (χ4v) is 2.12. The lowest BCUT2D eigenvalue weighted by Crippen LogP contribution is -2.43. The highest BCUT2D eigenvalue weighted by molar-refractivity contribution is 5.80. The maximum atomic E-state index is 11.0. The predicted molar refractivity (Wildman–Crippen MR) is 76.3 cm³/mol. The van der Waals surface area contributed by atoms with E-state index in [1.54, 1.807) is 7.05 Å². The Kier molecular flexibility index (Phi) is 7.97. The van der Waals surface area contributed by atoms with E-state index in [0.29, 0.717) is 13.0 Å². The van der Waals surface area contributed by atoms with Gasteiger partial charge in [0.25, 0.3) is 0 Å². The zero-order valence-electron chi connectivity index (χ0n) is 12.1. The number of piperidine rings is 1. The molecule has 0 aliphatic carbocycles. The van der Waals surface area contributed by atoms with Crippen LogP contribution in [0.4, 0.5) is 0 Å². The minimum atomic E-state index is -0.212. The molecule has 0 aromatic rings. The quantitative estimate of drug-likeness (QED) is 0.410. The smallest absolute Gasteiger partial charge is 0.307 e. The Bertz CT molecular complexity index is 288. The molecule has 6 nitrogen and oxygen atoms in total. The van der Waals surface area contributed by atoms with E-state index in [1.165, 1.54) is 39.5 Å². The monoisotopic (exact) mass is 270 g/mol. The van der Waals surface area contributed by atoms with E-state index in [-0.39, 0.29) is 5.97 Å². The van der Waals surface area contributed by atoms with Crippen LogP contribution in [0.25, 0.3) is 0 Å². The minimum Gasteiger partial charge on any atom is -0.469 e. The fourth-order valence-electron chi connectivity index (χ4n) is 2.12. The molecule has 19 heavy (non-hydrogen) atoms. The fraction of sp³-hybridized carbons (Fsp3) is 0.846. The van der Waals surface area contributed by atoms with E-state index in [9.17, 15) is 4.79 Å². The Morgan fingerprint density at radius 3 is 2.53 bits per heavy atom. The summed E-state index contributed by atoms with van der Waals surface area (Å²) in [6.45, 7) is 4.86. The van der Waals surface area contributed by atoms with Crippen LogP contribution in [0.1, 0.15) is 25.7 Å². The molecule has 0 saturated carbocycles. The average molecular weight is 270 g/mol. The Labute approximate surface area is 115 Å². The summed E-state index contributed by atoms with van der Waals surface area (Å²) in [6.07, 6.45) is 4.34.